The molecule has 0 bridgehead atoms. The number of pyridine rings is 1. The molecule has 0 atom stereocenters. The molecule has 2 aromatic rings. The maximum Gasteiger partial charge on any atom is 0.433 e. The minimum atomic E-state index is -4.59. The quantitative estimate of drug-likeness (QED) is 0.257. The Hall–Kier alpha value is -3.37. The number of aliphatic imine (C=N–C) groups is 1. The average Bonchev–Trinajstić information content (AvgIpc) is 2.82. The number of alkyl halides is 3. The molecule has 0 saturated carbocycles. The number of aryl methyl sites for hydroxylation is 1. The molecule has 0 aliphatic carbocycles. The Balaban J connectivity index is 0.00000298. The number of methoxy groups -OCH3 is 1. The van der Waals surface area contributed by atoms with E-state index in [-0.39, 0.29) is 29.4 Å². The van der Waals surface area contributed by atoms with Gasteiger partial charge < -0.3 is 21.5 Å². The van der Waals surface area contributed by atoms with Crippen LogP contribution in [0.1, 0.15) is 35.6 Å². The fourth-order valence-electron chi connectivity index (χ4n) is 2.72. The lowest BCUT2D eigenvalue weighted by Gasteiger charge is -2.10. The first-order valence-corrected chi connectivity index (χ1v) is 11.0. The molecule has 0 aliphatic heterocycles. The van der Waals surface area contributed by atoms with E-state index in [0.29, 0.717) is 22.7 Å². The summed E-state index contributed by atoms with van der Waals surface area (Å²) in [4.78, 5) is 20.2. The van der Waals surface area contributed by atoms with Gasteiger partial charge in [0.05, 0.1) is 24.1 Å². The number of halogens is 4. The third kappa shape index (κ3) is 8.73. The highest BCUT2D eigenvalue weighted by Crippen LogP contribution is 2.33. The van der Waals surface area contributed by atoms with E-state index in [2.05, 4.69) is 15.3 Å². The van der Waals surface area contributed by atoms with Crippen molar-refractivity contribution >= 4 is 35.1 Å². The number of anilines is 1. The van der Waals surface area contributed by atoms with Crippen molar-refractivity contribution in [2.24, 2.45) is 10.7 Å². The third-order valence-electron chi connectivity index (χ3n) is 4.36. The Bertz CT molecular complexity index is 1100. The highest BCUT2D eigenvalue weighted by molar-refractivity contribution is 6.34. The fraction of sp³-hybridized carbons (Fsp3) is 0.292. The van der Waals surface area contributed by atoms with Gasteiger partial charge in [-0.05, 0) is 31.2 Å². The van der Waals surface area contributed by atoms with E-state index in [1.807, 2.05) is 13.8 Å². The van der Waals surface area contributed by atoms with Crippen LogP contribution < -0.4 is 21.5 Å². The zero-order valence-corrected chi connectivity index (χ0v) is 20.7. The summed E-state index contributed by atoms with van der Waals surface area (Å²) in [5, 5.41) is 2.88. The number of hydrogen-bond donors (Lipinski definition) is 3. The number of ether oxygens (including phenoxy) is 1. The van der Waals surface area contributed by atoms with E-state index in [4.69, 9.17) is 27.8 Å². The Kier molecular flexibility index (Phi) is 12.0. The predicted molar refractivity (Wildman–Crippen MR) is 134 cm³/mol. The molecule has 35 heavy (non-hydrogen) atoms. The van der Waals surface area contributed by atoms with Crippen LogP contribution in [0.5, 0.6) is 5.75 Å². The van der Waals surface area contributed by atoms with E-state index >= 15 is 0 Å². The number of carbonyl (C=O) groups is 1. The van der Waals surface area contributed by atoms with E-state index in [1.54, 1.807) is 30.4 Å². The van der Waals surface area contributed by atoms with E-state index in [0.717, 1.165) is 12.1 Å². The summed E-state index contributed by atoms with van der Waals surface area (Å²) >= 11 is 6.27. The molecule has 5 N–H and O–H groups in total. The first-order valence-electron chi connectivity index (χ1n) is 10.6. The molecule has 1 aromatic carbocycles. The van der Waals surface area contributed by atoms with Crippen molar-refractivity contribution in [1.29, 1.82) is 0 Å². The number of carbonyl (C=O) groups excluding carboxylic acids is 1. The van der Waals surface area contributed by atoms with Gasteiger partial charge in [-0.1, -0.05) is 43.7 Å². The van der Waals surface area contributed by atoms with Crippen LogP contribution in [0.3, 0.4) is 0 Å². The maximum absolute atomic E-state index is 12.8. The Morgan fingerprint density at radius 2 is 1.91 bits per heavy atom. The van der Waals surface area contributed by atoms with Crippen molar-refractivity contribution in [2.75, 3.05) is 25.9 Å². The Morgan fingerprint density at radius 3 is 2.49 bits per heavy atom. The molecule has 190 valence electrons. The highest BCUT2D eigenvalue weighted by Gasteiger charge is 2.33. The highest BCUT2D eigenvalue weighted by atomic mass is 35.5. The molecule has 2 rings (SSSR count). The van der Waals surface area contributed by atoms with Crippen LogP contribution in [0.2, 0.25) is 0 Å². The molecule has 0 fully saturated rings. The van der Waals surface area contributed by atoms with Crippen LogP contribution in [0.15, 0.2) is 58.1 Å². The van der Waals surface area contributed by atoms with Gasteiger partial charge in [-0.25, -0.2) is 4.98 Å². The van der Waals surface area contributed by atoms with E-state index in [9.17, 15) is 18.0 Å². The largest absolute Gasteiger partial charge is 0.494 e. The van der Waals surface area contributed by atoms with E-state index in [1.165, 1.54) is 20.2 Å². The van der Waals surface area contributed by atoms with Crippen LogP contribution in [0.4, 0.5) is 24.5 Å². The summed E-state index contributed by atoms with van der Waals surface area (Å²) in [6.45, 7) is 5.51. The van der Waals surface area contributed by atoms with Gasteiger partial charge in [-0.2, -0.15) is 13.2 Å². The molecule has 1 aromatic heterocycles. The van der Waals surface area contributed by atoms with Crippen molar-refractivity contribution in [3.63, 3.8) is 0 Å². The van der Waals surface area contributed by atoms with Gasteiger partial charge >= 0.3 is 6.18 Å². The van der Waals surface area contributed by atoms with Crippen molar-refractivity contribution in [1.82, 2.24) is 10.3 Å². The van der Waals surface area contributed by atoms with Gasteiger partial charge in [-0.15, -0.1) is 0 Å². The molecule has 1 heterocycles. The SMILES string of the molecule is CC.COc1cccc(N)c1N=CC(=C/CNC(=O)c1ccc(C(F)(F)F)nc1C)/C(Cl)=C\CN. The summed E-state index contributed by atoms with van der Waals surface area (Å²) in [7, 11) is 1.49. The Morgan fingerprint density at radius 1 is 1.23 bits per heavy atom. The zero-order chi connectivity index (χ0) is 26.6. The number of benzene rings is 1. The van der Waals surface area contributed by atoms with Crippen LogP contribution in [-0.4, -0.2) is 37.3 Å². The number of hydrogen-bond acceptors (Lipinski definition) is 6. The minimum absolute atomic E-state index is 0.0106. The van der Waals surface area contributed by atoms with Crippen molar-refractivity contribution in [3.8, 4) is 5.75 Å². The normalized spacial score (nSPS) is 12.3. The minimum Gasteiger partial charge on any atom is -0.494 e. The number of amides is 1. The van der Waals surface area contributed by atoms with Gasteiger partial charge in [0, 0.05) is 29.9 Å². The number of allylic oxidation sites excluding steroid dienone is 2. The van der Waals surface area contributed by atoms with Gasteiger partial charge in [0.25, 0.3) is 5.91 Å². The monoisotopic (exact) mass is 511 g/mol. The summed E-state index contributed by atoms with van der Waals surface area (Å²) in [5.74, 6) is -0.128. The molecule has 0 spiro atoms. The molecule has 11 heteroatoms. The number of nitrogens with two attached hydrogens (primary N) is 2. The average molecular weight is 512 g/mol. The standard InChI is InChI=1S/C22H23ClF3N5O2.C2H6/c1-13-15(6-7-19(31-13)22(24,25)26)21(32)29-11-9-14(16(23)8-10-27)12-30-20-17(28)4-3-5-18(20)33-2;1-2/h3-9,12H,10-11,27-28H2,1-2H3,(H,29,32);1-2H3/b14-9-,16-8+,30-12?;. The molecule has 0 radical (unpaired) electrons. The second-order valence-electron chi connectivity index (χ2n) is 6.64. The molecule has 7 nitrogen and oxygen atoms in total. The summed E-state index contributed by atoms with van der Waals surface area (Å²) in [5.41, 5.74) is 11.6. The molecule has 1 amide bonds. The maximum atomic E-state index is 12.8. The van der Waals surface area contributed by atoms with Crippen LogP contribution >= 0.6 is 11.6 Å². The molecular weight excluding hydrogens is 483 g/mol. The number of nitrogens with one attached hydrogen (secondary N) is 1. The van der Waals surface area contributed by atoms with Gasteiger partial charge in [0.1, 0.15) is 17.1 Å². The van der Waals surface area contributed by atoms with Crippen molar-refractivity contribution in [3.05, 3.63) is 70.0 Å². The fourth-order valence-corrected chi connectivity index (χ4v) is 2.93. The smallest absolute Gasteiger partial charge is 0.433 e. The van der Waals surface area contributed by atoms with E-state index < -0.39 is 17.8 Å². The summed E-state index contributed by atoms with van der Waals surface area (Å²) in [6, 6.07) is 6.92. The lowest BCUT2D eigenvalue weighted by atomic mass is 10.1. The number of rotatable bonds is 8. The second kappa shape index (κ2) is 14.1. The topological polar surface area (TPSA) is 116 Å². The Labute approximate surface area is 207 Å². The summed E-state index contributed by atoms with van der Waals surface area (Å²) < 4.78 is 43.6. The number of nitrogen functional groups attached to an aromatic ring is 1. The molecule has 0 aliphatic rings. The van der Waals surface area contributed by atoms with Crippen LogP contribution in [0, 0.1) is 6.92 Å². The zero-order valence-electron chi connectivity index (χ0n) is 19.9. The lowest BCUT2D eigenvalue weighted by molar-refractivity contribution is -0.141. The van der Waals surface area contributed by atoms with Crippen LogP contribution in [0.25, 0.3) is 0 Å². The predicted octanol–water partition coefficient (Wildman–Crippen LogP) is 5.17. The molecule has 0 saturated heterocycles. The first kappa shape index (κ1) is 29.7. The van der Waals surface area contributed by atoms with Crippen molar-refractivity contribution in [2.45, 2.75) is 26.9 Å². The van der Waals surface area contributed by atoms with Gasteiger partial charge in [0.2, 0.25) is 0 Å². The molecule has 0 unspecified atom stereocenters. The van der Waals surface area contributed by atoms with Gasteiger partial charge in [-0.3, -0.25) is 9.79 Å². The molecular formula is C24H29ClF3N5O2. The first-order chi connectivity index (χ1) is 16.6. The second-order valence-corrected chi connectivity index (χ2v) is 7.05. The number of aromatic nitrogens is 1. The lowest BCUT2D eigenvalue weighted by Crippen LogP contribution is -2.25. The number of para-hydroxylation sites is 1. The third-order valence-corrected chi connectivity index (χ3v) is 4.73. The van der Waals surface area contributed by atoms with Crippen LogP contribution in [-0.2, 0) is 6.18 Å². The van der Waals surface area contributed by atoms with Gasteiger partial charge in [0.15, 0.2) is 0 Å². The number of nitrogens with zero attached hydrogens (tertiary/aromatic N) is 2. The summed E-state index contributed by atoms with van der Waals surface area (Å²) in [6.07, 6.45) is -0.0154. The van der Waals surface area contributed by atoms with Crippen molar-refractivity contribution < 1.29 is 22.7 Å².